The Balaban J connectivity index is 1.65. The Kier molecular flexibility index (Phi) is 5.95. The van der Waals surface area contributed by atoms with E-state index in [0.29, 0.717) is 12.5 Å². The fourth-order valence-corrected chi connectivity index (χ4v) is 4.09. The summed E-state index contributed by atoms with van der Waals surface area (Å²) in [5.41, 5.74) is -0.536. The largest absolute Gasteiger partial charge is 0.393 e. The number of aliphatic hydroxyl groups excluding tert-OH is 1. The van der Waals surface area contributed by atoms with Crippen molar-refractivity contribution in [3.05, 3.63) is 0 Å². The van der Waals surface area contributed by atoms with Gasteiger partial charge in [0.25, 0.3) is 0 Å². The smallest absolute Gasteiger partial charge is 0.315 e. The quantitative estimate of drug-likeness (QED) is 0.680. The fraction of sp³-hybridized carbons (Fsp3) is 0.944. The van der Waals surface area contributed by atoms with Crippen LogP contribution in [0.15, 0.2) is 0 Å². The Bertz CT molecular complexity index is 409. The minimum absolute atomic E-state index is 0.0256. The second-order valence-corrected chi connectivity index (χ2v) is 8.38. The molecular weight excluding hydrogens is 292 g/mol. The normalized spacial score (nSPS) is 32.5. The number of aliphatic hydroxyl groups is 1. The molecular formula is C18H34N2O3. The van der Waals surface area contributed by atoms with Gasteiger partial charge >= 0.3 is 6.03 Å². The van der Waals surface area contributed by atoms with Crippen LogP contribution in [-0.2, 0) is 4.74 Å². The molecule has 2 amide bonds. The van der Waals surface area contributed by atoms with Gasteiger partial charge in [0.1, 0.15) is 0 Å². The Hall–Kier alpha value is -0.810. The van der Waals surface area contributed by atoms with Crippen molar-refractivity contribution >= 4 is 6.03 Å². The Morgan fingerprint density at radius 3 is 2.52 bits per heavy atom. The molecule has 0 aromatic carbocycles. The molecule has 3 unspecified atom stereocenters. The zero-order valence-electron chi connectivity index (χ0n) is 15.2. The van der Waals surface area contributed by atoms with E-state index in [2.05, 4.69) is 24.5 Å². The van der Waals surface area contributed by atoms with Gasteiger partial charge < -0.3 is 20.5 Å². The third-order valence-electron chi connectivity index (χ3n) is 5.29. The number of urea groups is 1. The van der Waals surface area contributed by atoms with Crippen LogP contribution in [0.2, 0.25) is 0 Å². The van der Waals surface area contributed by atoms with E-state index in [0.717, 1.165) is 38.5 Å². The van der Waals surface area contributed by atoms with E-state index in [-0.39, 0.29) is 29.4 Å². The molecule has 0 aromatic heterocycles. The van der Waals surface area contributed by atoms with Gasteiger partial charge in [-0.05, 0) is 65.7 Å². The predicted molar refractivity (Wildman–Crippen MR) is 91.4 cm³/mol. The maximum atomic E-state index is 12.1. The number of rotatable bonds is 5. The van der Waals surface area contributed by atoms with Gasteiger partial charge in [-0.1, -0.05) is 12.8 Å². The van der Waals surface area contributed by atoms with E-state index >= 15 is 0 Å². The highest BCUT2D eigenvalue weighted by Crippen LogP contribution is 2.37. The Morgan fingerprint density at radius 1 is 1.22 bits per heavy atom. The van der Waals surface area contributed by atoms with Crippen LogP contribution in [0.1, 0.15) is 72.6 Å². The summed E-state index contributed by atoms with van der Waals surface area (Å²) in [7, 11) is 0. The molecule has 5 heteroatoms. The lowest BCUT2D eigenvalue weighted by atomic mass is 9.83. The first-order valence-corrected chi connectivity index (χ1v) is 9.12. The van der Waals surface area contributed by atoms with Gasteiger partial charge in [0, 0.05) is 6.54 Å². The molecule has 134 valence electrons. The van der Waals surface area contributed by atoms with Gasteiger partial charge in [-0.15, -0.1) is 0 Å². The number of ether oxygens (including phenoxy) is 1. The van der Waals surface area contributed by atoms with Crippen molar-refractivity contribution in [2.75, 3.05) is 6.54 Å². The molecule has 1 aliphatic heterocycles. The molecule has 1 saturated heterocycles. The molecule has 2 fully saturated rings. The van der Waals surface area contributed by atoms with Crippen LogP contribution in [0.25, 0.3) is 0 Å². The zero-order chi connectivity index (χ0) is 17.1. The SMILES string of the molecule is CC1(C)CC(NC(=O)NCCCC2CCCCC2O)C(C)(C)O1. The molecule has 2 aliphatic rings. The summed E-state index contributed by atoms with van der Waals surface area (Å²) in [6.07, 6.45) is 7.02. The van der Waals surface area contributed by atoms with Gasteiger partial charge in [-0.25, -0.2) is 4.79 Å². The lowest BCUT2D eigenvalue weighted by Crippen LogP contribution is -2.49. The van der Waals surface area contributed by atoms with Gasteiger partial charge in [0.05, 0.1) is 23.3 Å². The maximum Gasteiger partial charge on any atom is 0.315 e. The van der Waals surface area contributed by atoms with E-state index in [9.17, 15) is 9.90 Å². The number of hydrogen-bond acceptors (Lipinski definition) is 3. The minimum Gasteiger partial charge on any atom is -0.393 e. The van der Waals surface area contributed by atoms with Crippen LogP contribution in [0.3, 0.4) is 0 Å². The number of carbonyl (C=O) groups excluding carboxylic acids is 1. The van der Waals surface area contributed by atoms with Crippen LogP contribution in [0.4, 0.5) is 4.79 Å². The van der Waals surface area contributed by atoms with Gasteiger partial charge in [0.2, 0.25) is 0 Å². The average molecular weight is 326 g/mol. The number of amides is 2. The molecule has 1 heterocycles. The van der Waals surface area contributed by atoms with Crippen LogP contribution < -0.4 is 10.6 Å². The molecule has 1 aliphatic carbocycles. The predicted octanol–water partition coefficient (Wildman–Crippen LogP) is 2.96. The van der Waals surface area contributed by atoms with Gasteiger partial charge in [-0.2, -0.15) is 0 Å². The average Bonchev–Trinajstić information content (AvgIpc) is 2.64. The topological polar surface area (TPSA) is 70.6 Å². The molecule has 3 atom stereocenters. The summed E-state index contributed by atoms with van der Waals surface area (Å²) in [6, 6.07) is -0.0914. The molecule has 0 aromatic rings. The van der Waals surface area contributed by atoms with E-state index in [1.807, 2.05) is 13.8 Å². The summed E-state index contributed by atoms with van der Waals surface area (Å²) in [4.78, 5) is 12.1. The van der Waals surface area contributed by atoms with Crippen LogP contribution >= 0.6 is 0 Å². The first kappa shape index (κ1) is 18.5. The Labute approximate surface area is 140 Å². The number of hydrogen-bond donors (Lipinski definition) is 3. The van der Waals surface area contributed by atoms with Crippen LogP contribution in [0.5, 0.6) is 0 Å². The maximum absolute atomic E-state index is 12.1. The van der Waals surface area contributed by atoms with E-state index in [4.69, 9.17) is 4.74 Å². The summed E-state index contributed by atoms with van der Waals surface area (Å²) in [5.74, 6) is 0.413. The van der Waals surface area contributed by atoms with E-state index in [1.54, 1.807) is 0 Å². The van der Waals surface area contributed by atoms with Crippen LogP contribution in [-0.4, -0.2) is 41.0 Å². The number of carbonyl (C=O) groups is 1. The standard InChI is InChI=1S/C18H34N2O3/c1-17(2)12-15(18(3,4)23-17)20-16(22)19-11-7-9-13-8-5-6-10-14(13)21/h13-15,21H,5-12H2,1-4H3,(H2,19,20,22). The monoisotopic (exact) mass is 326 g/mol. The summed E-state index contributed by atoms with van der Waals surface area (Å²) in [5, 5.41) is 15.9. The summed E-state index contributed by atoms with van der Waals surface area (Å²) < 4.78 is 6.00. The van der Waals surface area contributed by atoms with Crippen molar-refractivity contribution < 1.29 is 14.6 Å². The highest BCUT2D eigenvalue weighted by Gasteiger charge is 2.46. The third kappa shape index (κ3) is 5.35. The van der Waals surface area contributed by atoms with Crippen molar-refractivity contribution in [1.29, 1.82) is 0 Å². The summed E-state index contributed by atoms with van der Waals surface area (Å²) in [6.45, 7) is 8.83. The molecule has 1 saturated carbocycles. The Morgan fingerprint density at radius 2 is 1.91 bits per heavy atom. The van der Waals surface area contributed by atoms with Crippen molar-refractivity contribution in [2.24, 2.45) is 5.92 Å². The molecule has 23 heavy (non-hydrogen) atoms. The van der Waals surface area contributed by atoms with Gasteiger partial charge in [0.15, 0.2) is 0 Å². The first-order valence-electron chi connectivity index (χ1n) is 9.12. The van der Waals surface area contributed by atoms with Crippen molar-refractivity contribution in [3.63, 3.8) is 0 Å². The molecule has 0 bridgehead atoms. The van der Waals surface area contributed by atoms with Crippen molar-refractivity contribution in [1.82, 2.24) is 10.6 Å². The number of nitrogens with one attached hydrogen (secondary N) is 2. The second kappa shape index (κ2) is 7.39. The lowest BCUT2D eigenvalue weighted by molar-refractivity contribution is -0.0690. The molecule has 0 radical (unpaired) electrons. The van der Waals surface area contributed by atoms with Crippen molar-refractivity contribution in [2.45, 2.75) is 96.0 Å². The minimum atomic E-state index is -0.340. The molecule has 5 nitrogen and oxygen atoms in total. The van der Waals surface area contributed by atoms with E-state index in [1.165, 1.54) is 6.42 Å². The zero-order valence-corrected chi connectivity index (χ0v) is 15.2. The second-order valence-electron chi connectivity index (χ2n) is 8.38. The van der Waals surface area contributed by atoms with E-state index < -0.39 is 0 Å². The van der Waals surface area contributed by atoms with Crippen LogP contribution in [0, 0.1) is 5.92 Å². The van der Waals surface area contributed by atoms with Crippen molar-refractivity contribution in [3.8, 4) is 0 Å². The third-order valence-corrected chi connectivity index (χ3v) is 5.29. The van der Waals surface area contributed by atoms with Gasteiger partial charge in [-0.3, -0.25) is 0 Å². The molecule has 2 rings (SSSR count). The highest BCUT2D eigenvalue weighted by molar-refractivity contribution is 5.74. The molecule has 0 spiro atoms. The molecule has 3 N–H and O–H groups in total. The lowest BCUT2D eigenvalue weighted by Gasteiger charge is -2.28. The summed E-state index contributed by atoms with van der Waals surface area (Å²) >= 11 is 0. The fourth-order valence-electron chi connectivity index (χ4n) is 4.09. The first-order chi connectivity index (χ1) is 10.7. The highest BCUT2D eigenvalue weighted by atomic mass is 16.5.